The monoisotopic (exact) mass is 442 g/mol. The molecule has 0 unspecified atom stereocenters. The fourth-order valence-electron chi connectivity index (χ4n) is 3.51. The highest BCUT2D eigenvalue weighted by Gasteiger charge is 2.26. The molecule has 0 aliphatic carbocycles. The summed E-state index contributed by atoms with van der Waals surface area (Å²) in [6, 6.07) is 10.1. The molecule has 0 saturated heterocycles. The highest BCUT2D eigenvalue weighted by atomic mass is 32.2. The SMILES string of the molecule is CCN(Cc1cccc(C)n1)C(=O)CCSc1cc(C(C)(C)C)c(O)c(C(C)(C)C)c1. The zero-order valence-corrected chi connectivity index (χ0v) is 21.2. The lowest BCUT2D eigenvalue weighted by molar-refractivity contribution is -0.131. The lowest BCUT2D eigenvalue weighted by Crippen LogP contribution is -2.30. The Labute approximate surface area is 192 Å². The maximum absolute atomic E-state index is 12.8. The quantitative estimate of drug-likeness (QED) is 0.517. The van der Waals surface area contributed by atoms with E-state index >= 15 is 0 Å². The van der Waals surface area contributed by atoms with Crippen LogP contribution in [0.3, 0.4) is 0 Å². The molecule has 5 heteroatoms. The third kappa shape index (κ3) is 6.99. The van der Waals surface area contributed by atoms with Crippen LogP contribution >= 0.6 is 11.8 Å². The molecule has 4 nitrogen and oxygen atoms in total. The number of aromatic nitrogens is 1. The van der Waals surface area contributed by atoms with Gasteiger partial charge in [0.1, 0.15) is 5.75 Å². The molecule has 0 saturated carbocycles. The molecular formula is C26H38N2O2S. The zero-order valence-electron chi connectivity index (χ0n) is 20.4. The number of amides is 1. The Morgan fingerprint density at radius 2 is 1.65 bits per heavy atom. The van der Waals surface area contributed by atoms with Gasteiger partial charge in [-0.1, -0.05) is 47.6 Å². The second-order valence-corrected chi connectivity index (χ2v) is 11.3. The maximum Gasteiger partial charge on any atom is 0.223 e. The Morgan fingerprint density at radius 3 is 2.13 bits per heavy atom. The number of carbonyl (C=O) groups is 1. The number of pyridine rings is 1. The number of aryl methyl sites for hydroxylation is 1. The van der Waals surface area contributed by atoms with Gasteiger partial charge in [0, 0.05) is 40.4 Å². The summed E-state index contributed by atoms with van der Waals surface area (Å²) in [7, 11) is 0. The van der Waals surface area contributed by atoms with Crippen LogP contribution < -0.4 is 0 Å². The number of hydrogen-bond acceptors (Lipinski definition) is 4. The molecule has 1 aromatic heterocycles. The minimum atomic E-state index is -0.156. The highest BCUT2D eigenvalue weighted by molar-refractivity contribution is 7.99. The molecule has 1 aromatic carbocycles. The Balaban J connectivity index is 2.10. The molecule has 31 heavy (non-hydrogen) atoms. The van der Waals surface area contributed by atoms with Crippen LogP contribution in [-0.4, -0.2) is 33.2 Å². The van der Waals surface area contributed by atoms with Crippen molar-refractivity contribution in [3.8, 4) is 5.75 Å². The average molecular weight is 443 g/mol. The van der Waals surface area contributed by atoms with Gasteiger partial charge in [-0.15, -0.1) is 11.8 Å². The standard InChI is InChI=1S/C26H38N2O2S/c1-9-28(17-19-12-10-11-18(2)27-19)23(29)13-14-31-20-15-21(25(3,4)5)24(30)22(16-20)26(6,7)8/h10-12,15-16,30H,9,13-14,17H2,1-8H3. The van der Waals surface area contributed by atoms with Gasteiger partial charge in [-0.2, -0.15) is 0 Å². The van der Waals surface area contributed by atoms with Crippen molar-refractivity contribution < 1.29 is 9.90 Å². The molecular weight excluding hydrogens is 404 g/mol. The molecule has 0 fully saturated rings. The molecule has 0 aliphatic heterocycles. The van der Waals surface area contributed by atoms with Gasteiger partial charge in [0.25, 0.3) is 0 Å². The van der Waals surface area contributed by atoms with Crippen molar-refractivity contribution in [1.82, 2.24) is 9.88 Å². The van der Waals surface area contributed by atoms with E-state index < -0.39 is 0 Å². The predicted molar refractivity (Wildman–Crippen MR) is 131 cm³/mol. The van der Waals surface area contributed by atoms with Crippen molar-refractivity contribution in [3.05, 3.63) is 52.8 Å². The summed E-state index contributed by atoms with van der Waals surface area (Å²) < 4.78 is 0. The minimum Gasteiger partial charge on any atom is -0.507 e. The van der Waals surface area contributed by atoms with E-state index in [9.17, 15) is 9.90 Å². The van der Waals surface area contributed by atoms with Crippen LogP contribution in [0.25, 0.3) is 0 Å². The number of phenols is 1. The van der Waals surface area contributed by atoms with Gasteiger partial charge < -0.3 is 10.0 Å². The van der Waals surface area contributed by atoms with E-state index in [1.165, 1.54) is 0 Å². The summed E-state index contributed by atoms with van der Waals surface area (Å²) in [6.45, 7) is 17.9. The van der Waals surface area contributed by atoms with Crippen LogP contribution in [0.15, 0.2) is 35.2 Å². The van der Waals surface area contributed by atoms with Crippen LogP contribution in [0.2, 0.25) is 0 Å². The van der Waals surface area contributed by atoms with Gasteiger partial charge in [-0.25, -0.2) is 0 Å². The maximum atomic E-state index is 12.8. The number of hydrogen-bond donors (Lipinski definition) is 1. The summed E-state index contributed by atoms with van der Waals surface area (Å²) in [5.74, 6) is 1.24. The summed E-state index contributed by atoms with van der Waals surface area (Å²) >= 11 is 1.68. The third-order valence-corrected chi connectivity index (χ3v) is 6.29. The molecule has 2 rings (SSSR count). The number of rotatable bonds is 7. The van der Waals surface area contributed by atoms with Gasteiger partial charge in [0.05, 0.1) is 12.2 Å². The first kappa shape index (κ1) is 25.3. The largest absolute Gasteiger partial charge is 0.507 e. The second-order valence-electron chi connectivity index (χ2n) is 10.1. The lowest BCUT2D eigenvalue weighted by Gasteiger charge is -2.28. The smallest absolute Gasteiger partial charge is 0.223 e. The van der Waals surface area contributed by atoms with Crippen LogP contribution in [-0.2, 0) is 22.2 Å². The summed E-state index contributed by atoms with van der Waals surface area (Å²) in [6.07, 6.45) is 0.473. The number of thioether (sulfide) groups is 1. The summed E-state index contributed by atoms with van der Waals surface area (Å²) in [4.78, 5) is 20.3. The Bertz CT molecular complexity index is 875. The molecule has 1 heterocycles. The fourth-order valence-corrected chi connectivity index (χ4v) is 4.42. The molecule has 0 spiro atoms. The van der Waals surface area contributed by atoms with Gasteiger partial charge in [0.15, 0.2) is 0 Å². The third-order valence-electron chi connectivity index (χ3n) is 5.32. The number of aromatic hydroxyl groups is 1. The zero-order chi connectivity index (χ0) is 23.4. The van der Waals surface area contributed by atoms with Crippen molar-refractivity contribution in [2.24, 2.45) is 0 Å². The first-order valence-electron chi connectivity index (χ1n) is 11.0. The molecule has 0 radical (unpaired) electrons. The first-order valence-corrected chi connectivity index (χ1v) is 12.0. The molecule has 1 amide bonds. The number of phenolic OH excluding ortho intramolecular Hbond substituents is 1. The molecule has 2 aromatic rings. The topological polar surface area (TPSA) is 53.4 Å². The van der Waals surface area contributed by atoms with Crippen LogP contribution in [0.1, 0.15) is 77.4 Å². The van der Waals surface area contributed by atoms with Crippen LogP contribution in [0.5, 0.6) is 5.75 Å². The number of benzene rings is 1. The second kappa shape index (κ2) is 10.1. The molecule has 170 valence electrons. The van der Waals surface area contributed by atoms with E-state index in [0.29, 0.717) is 31.0 Å². The highest BCUT2D eigenvalue weighted by Crippen LogP contribution is 2.41. The van der Waals surface area contributed by atoms with Crippen molar-refractivity contribution >= 4 is 17.7 Å². The van der Waals surface area contributed by atoms with Crippen LogP contribution in [0.4, 0.5) is 0 Å². The average Bonchev–Trinajstić information content (AvgIpc) is 2.65. The first-order chi connectivity index (χ1) is 14.3. The molecule has 0 atom stereocenters. The van der Waals surface area contributed by atoms with Gasteiger partial charge in [0.2, 0.25) is 5.91 Å². The normalized spacial score (nSPS) is 12.1. The fraction of sp³-hybridized carbons (Fsp3) is 0.538. The van der Waals surface area contributed by atoms with Gasteiger partial charge in [-0.05, 0) is 48.9 Å². The Morgan fingerprint density at radius 1 is 1.06 bits per heavy atom. The van der Waals surface area contributed by atoms with Crippen molar-refractivity contribution in [2.75, 3.05) is 12.3 Å². The summed E-state index contributed by atoms with van der Waals surface area (Å²) in [5, 5.41) is 10.9. The van der Waals surface area contributed by atoms with Gasteiger partial charge >= 0.3 is 0 Å². The van der Waals surface area contributed by atoms with E-state index in [-0.39, 0.29) is 16.7 Å². The van der Waals surface area contributed by atoms with Crippen molar-refractivity contribution in [2.45, 2.75) is 84.1 Å². The van der Waals surface area contributed by atoms with E-state index in [0.717, 1.165) is 27.4 Å². The van der Waals surface area contributed by atoms with Crippen LogP contribution in [0, 0.1) is 6.92 Å². The summed E-state index contributed by atoms with van der Waals surface area (Å²) in [5.41, 5.74) is 3.48. The predicted octanol–water partition coefficient (Wildman–Crippen LogP) is 6.22. The van der Waals surface area contributed by atoms with E-state index in [1.54, 1.807) is 11.8 Å². The van der Waals surface area contributed by atoms with Crippen molar-refractivity contribution in [1.29, 1.82) is 0 Å². The molecule has 0 aliphatic rings. The Hall–Kier alpha value is -2.01. The van der Waals surface area contributed by atoms with Crippen molar-refractivity contribution in [3.63, 3.8) is 0 Å². The Kier molecular flexibility index (Phi) is 8.21. The molecule has 0 bridgehead atoms. The van der Waals surface area contributed by atoms with E-state index in [1.807, 2.05) is 36.9 Å². The number of nitrogens with zero attached hydrogens (tertiary/aromatic N) is 2. The van der Waals surface area contributed by atoms with E-state index in [2.05, 4.69) is 58.7 Å². The van der Waals surface area contributed by atoms with E-state index in [4.69, 9.17) is 0 Å². The minimum absolute atomic E-state index is 0.143. The lowest BCUT2D eigenvalue weighted by atomic mass is 9.79. The number of carbonyl (C=O) groups excluding carboxylic acids is 1. The molecule has 1 N–H and O–H groups in total. The van der Waals surface area contributed by atoms with Gasteiger partial charge in [-0.3, -0.25) is 9.78 Å².